The summed E-state index contributed by atoms with van der Waals surface area (Å²) < 4.78 is 32.3. The summed E-state index contributed by atoms with van der Waals surface area (Å²) in [6.07, 6.45) is 0.473. The maximum absolute atomic E-state index is 13.8. The minimum atomic E-state index is -0.373. The summed E-state index contributed by atoms with van der Waals surface area (Å²) in [6, 6.07) is 2.34. The third-order valence-electron chi connectivity index (χ3n) is 3.43. The summed E-state index contributed by atoms with van der Waals surface area (Å²) in [6.45, 7) is 1.58. The van der Waals surface area contributed by atoms with E-state index in [4.69, 9.17) is 10.3 Å². The van der Waals surface area contributed by atoms with Gasteiger partial charge in [0.1, 0.15) is 11.6 Å². The Kier molecular flexibility index (Phi) is 4.87. The molecule has 1 aromatic carbocycles. The first-order valence-electron chi connectivity index (χ1n) is 6.37. The van der Waals surface area contributed by atoms with Crippen LogP contribution in [-0.4, -0.2) is 21.6 Å². The Morgan fingerprint density at radius 1 is 1.24 bits per heavy atom. The topological polar surface area (TPSA) is 68.2 Å². The molecule has 5 nitrogen and oxygen atoms in total. The molecule has 0 amide bonds. The smallest absolute Gasteiger partial charge is 0.240 e. The molecule has 21 heavy (non-hydrogen) atoms. The lowest BCUT2D eigenvalue weighted by atomic mass is 9.98. The lowest BCUT2D eigenvalue weighted by Crippen LogP contribution is -2.31. The Hall–Kier alpha value is -1.57. The average Bonchev–Trinajstić information content (AvgIpc) is 2.91. The molecule has 2 N–H and O–H groups in total. The van der Waals surface area contributed by atoms with Crippen LogP contribution >= 0.6 is 12.4 Å². The maximum atomic E-state index is 13.8. The van der Waals surface area contributed by atoms with Gasteiger partial charge in [0.2, 0.25) is 5.89 Å². The minimum Gasteiger partial charge on any atom is -0.338 e. The first-order valence-corrected chi connectivity index (χ1v) is 6.37. The Morgan fingerprint density at radius 3 is 2.62 bits per heavy atom. The van der Waals surface area contributed by atoms with Gasteiger partial charge in [-0.05, 0) is 24.1 Å². The average molecular weight is 317 g/mol. The van der Waals surface area contributed by atoms with Gasteiger partial charge in [-0.3, -0.25) is 4.90 Å². The van der Waals surface area contributed by atoms with Crippen molar-refractivity contribution in [2.24, 2.45) is 5.73 Å². The molecule has 2 heterocycles. The lowest BCUT2D eigenvalue weighted by Gasteiger charge is -2.28. The number of aromatic nitrogens is 2. The van der Waals surface area contributed by atoms with Crippen molar-refractivity contribution in [1.29, 1.82) is 0 Å². The number of fused-ring (bicyclic) bond motifs is 1. The van der Waals surface area contributed by atoms with E-state index in [0.29, 0.717) is 48.9 Å². The maximum Gasteiger partial charge on any atom is 0.240 e. The summed E-state index contributed by atoms with van der Waals surface area (Å²) in [7, 11) is 0. The van der Waals surface area contributed by atoms with Crippen LogP contribution in [0.4, 0.5) is 8.78 Å². The number of hydrogen-bond donors (Lipinski definition) is 1. The summed E-state index contributed by atoms with van der Waals surface area (Å²) in [5.74, 6) is 0.160. The fraction of sp³-hybridized carbons (Fsp3) is 0.385. The van der Waals surface area contributed by atoms with Crippen LogP contribution in [0.2, 0.25) is 0 Å². The van der Waals surface area contributed by atoms with E-state index in [-0.39, 0.29) is 30.6 Å². The number of nitrogens with two attached hydrogens (primary N) is 1. The molecular weight excluding hydrogens is 302 g/mol. The van der Waals surface area contributed by atoms with E-state index in [2.05, 4.69) is 10.1 Å². The molecule has 0 saturated heterocycles. The van der Waals surface area contributed by atoms with Crippen LogP contribution in [-0.2, 0) is 26.1 Å². The zero-order valence-corrected chi connectivity index (χ0v) is 12.0. The van der Waals surface area contributed by atoms with Crippen molar-refractivity contribution in [3.05, 3.63) is 46.6 Å². The first kappa shape index (κ1) is 15.8. The second kappa shape index (κ2) is 6.46. The summed E-state index contributed by atoms with van der Waals surface area (Å²) >= 11 is 0. The molecule has 0 saturated carbocycles. The van der Waals surface area contributed by atoms with Gasteiger partial charge in [0.15, 0.2) is 5.82 Å². The molecule has 8 heteroatoms. The Bertz CT molecular complexity index is 635. The summed E-state index contributed by atoms with van der Waals surface area (Å²) in [5.41, 5.74) is 6.28. The zero-order valence-electron chi connectivity index (χ0n) is 11.2. The molecule has 1 aromatic heterocycles. The Balaban J connectivity index is 0.00000161. The van der Waals surface area contributed by atoms with E-state index in [0.717, 1.165) is 0 Å². The van der Waals surface area contributed by atoms with E-state index in [1.165, 1.54) is 12.1 Å². The highest BCUT2D eigenvalue weighted by molar-refractivity contribution is 5.85. The van der Waals surface area contributed by atoms with Crippen molar-refractivity contribution in [2.45, 2.75) is 26.1 Å². The largest absolute Gasteiger partial charge is 0.338 e. The number of rotatable bonds is 3. The first-order chi connectivity index (χ1) is 9.67. The van der Waals surface area contributed by atoms with Crippen molar-refractivity contribution in [1.82, 2.24) is 15.0 Å². The van der Waals surface area contributed by atoms with Crippen LogP contribution < -0.4 is 5.73 Å². The van der Waals surface area contributed by atoms with Gasteiger partial charge in [-0.25, -0.2) is 8.78 Å². The zero-order chi connectivity index (χ0) is 14.1. The number of nitrogens with zero attached hydrogens (tertiary/aromatic N) is 3. The van der Waals surface area contributed by atoms with Gasteiger partial charge in [-0.15, -0.1) is 12.4 Å². The molecular formula is C13H15ClF2N4O. The Morgan fingerprint density at radius 2 is 1.95 bits per heavy atom. The molecule has 0 radical (unpaired) electrons. The molecule has 0 unspecified atom stereocenters. The van der Waals surface area contributed by atoms with Gasteiger partial charge in [0, 0.05) is 18.7 Å². The van der Waals surface area contributed by atoms with Crippen molar-refractivity contribution in [3.63, 3.8) is 0 Å². The van der Waals surface area contributed by atoms with Crippen molar-refractivity contribution < 1.29 is 13.3 Å². The van der Waals surface area contributed by atoms with Crippen LogP contribution in [0.1, 0.15) is 22.8 Å². The van der Waals surface area contributed by atoms with E-state index < -0.39 is 0 Å². The van der Waals surface area contributed by atoms with Crippen LogP contribution in [0, 0.1) is 11.6 Å². The van der Waals surface area contributed by atoms with Crippen molar-refractivity contribution in [3.8, 4) is 0 Å². The van der Waals surface area contributed by atoms with Gasteiger partial charge >= 0.3 is 0 Å². The SMILES string of the molecule is Cl.NCc1nc(CN2CCc3c(F)ccc(F)c3C2)no1. The van der Waals surface area contributed by atoms with Gasteiger partial charge < -0.3 is 10.3 Å². The number of halogens is 3. The van der Waals surface area contributed by atoms with Gasteiger partial charge in [0.25, 0.3) is 0 Å². The minimum absolute atomic E-state index is 0. The summed E-state index contributed by atoms with van der Waals surface area (Å²) in [5, 5.41) is 3.80. The van der Waals surface area contributed by atoms with Crippen LogP contribution in [0.3, 0.4) is 0 Å². The predicted octanol–water partition coefficient (Wildman–Crippen LogP) is 1.79. The number of benzene rings is 1. The molecule has 0 aliphatic carbocycles. The molecule has 2 aromatic rings. The van der Waals surface area contributed by atoms with Gasteiger partial charge in [0.05, 0.1) is 13.1 Å². The van der Waals surface area contributed by atoms with Crippen molar-refractivity contribution in [2.75, 3.05) is 6.54 Å². The molecule has 3 rings (SSSR count). The van der Waals surface area contributed by atoms with Crippen LogP contribution in [0.25, 0.3) is 0 Å². The van der Waals surface area contributed by atoms with Crippen LogP contribution in [0.15, 0.2) is 16.7 Å². The monoisotopic (exact) mass is 316 g/mol. The molecule has 1 aliphatic heterocycles. The highest BCUT2D eigenvalue weighted by Gasteiger charge is 2.23. The molecule has 0 spiro atoms. The molecule has 1 aliphatic rings. The molecule has 0 atom stereocenters. The second-order valence-electron chi connectivity index (χ2n) is 4.76. The van der Waals surface area contributed by atoms with E-state index in [1.807, 2.05) is 4.90 Å². The molecule has 0 fully saturated rings. The van der Waals surface area contributed by atoms with E-state index in [9.17, 15) is 8.78 Å². The lowest BCUT2D eigenvalue weighted by molar-refractivity contribution is 0.228. The third kappa shape index (κ3) is 3.20. The highest BCUT2D eigenvalue weighted by Crippen LogP contribution is 2.25. The third-order valence-corrected chi connectivity index (χ3v) is 3.43. The Labute approximate surface area is 126 Å². The van der Waals surface area contributed by atoms with E-state index in [1.54, 1.807) is 0 Å². The highest BCUT2D eigenvalue weighted by atomic mass is 35.5. The quantitative estimate of drug-likeness (QED) is 0.935. The molecule has 114 valence electrons. The van der Waals surface area contributed by atoms with Gasteiger partial charge in [-0.2, -0.15) is 4.98 Å². The second-order valence-corrected chi connectivity index (χ2v) is 4.76. The fourth-order valence-electron chi connectivity index (χ4n) is 2.42. The van der Waals surface area contributed by atoms with Gasteiger partial charge in [-0.1, -0.05) is 5.16 Å². The van der Waals surface area contributed by atoms with E-state index >= 15 is 0 Å². The van der Waals surface area contributed by atoms with Crippen LogP contribution in [0.5, 0.6) is 0 Å². The summed E-state index contributed by atoms with van der Waals surface area (Å²) in [4.78, 5) is 6.06. The standard InChI is InChI=1S/C13H14F2N4O.ClH/c14-10-1-2-11(15)9-6-19(4-3-8(9)10)7-12-17-13(5-16)20-18-12;/h1-2H,3-7,16H2;1H. The molecule has 0 bridgehead atoms. The predicted molar refractivity (Wildman–Crippen MR) is 73.6 cm³/mol. The van der Waals surface area contributed by atoms with Crippen molar-refractivity contribution >= 4 is 12.4 Å². The fourth-order valence-corrected chi connectivity index (χ4v) is 2.42. The normalized spacial score (nSPS) is 14.6. The number of hydrogen-bond acceptors (Lipinski definition) is 5.